The minimum absolute atomic E-state index is 0.0209. The topological polar surface area (TPSA) is 102 Å². The highest BCUT2D eigenvalue weighted by molar-refractivity contribution is 8.00. The number of ketones is 1. The molecule has 0 aliphatic heterocycles. The van der Waals surface area contributed by atoms with Gasteiger partial charge in [-0.1, -0.05) is 42.5 Å². The van der Waals surface area contributed by atoms with Gasteiger partial charge in [-0.15, -0.1) is 11.8 Å². The summed E-state index contributed by atoms with van der Waals surface area (Å²) in [6.07, 6.45) is -1.17. The molecule has 0 aromatic heterocycles. The molecule has 0 heterocycles. The van der Waals surface area contributed by atoms with Gasteiger partial charge in [-0.2, -0.15) is 0 Å². The summed E-state index contributed by atoms with van der Waals surface area (Å²) in [4.78, 5) is 48.2. The predicted molar refractivity (Wildman–Crippen MR) is 110 cm³/mol. The number of carbonyl (C=O) groups is 4. The quantitative estimate of drug-likeness (QED) is 0.509. The van der Waals surface area contributed by atoms with E-state index in [1.54, 1.807) is 24.3 Å². The van der Waals surface area contributed by atoms with Crippen molar-refractivity contribution in [3.8, 4) is 0 Å². The summed E-state index contributed by atoms with van der Waals surface area (Å²) < 4.78 is 5.18. The third-order valence-electron chi connectivity index (χ3n) is 3.72. The van der Waals surface area contributed by atoms with Crippen LogP contribution in [0.3, 0.4) is 0 Å². The Labute approximate surface area is 173 Å². The molecular weight excluding hydrogens is 392 g/mol. The lowest BCUT2D eigenvalue weighted by Crippen LogP contribution is -2.44. The van der Waals surface area contributed by atoms with Gasteiger partial charge in [-0.25, -0.2) is 9.59 Å². The second-order valence-electron chi connectivity index (χ2n) is 6.19. The predicted octanol–water partition coefficient (Wildman–Crippen LogP) is 2.94. The molecule has 152 valence electrons. The van der Waals surface area contributed by atoms with E-state index in [2.05, 4.69) is 10.6 Å². The average molecular weight is 414 g/mol. The zero-order valence-electron chi connectivity index (χ0n) is 16.1. The van der Waals surface area contributed by atoms with Gasteiger partial charge in [0.25, 0.3) is 5.91 Å². The third-order valence-corrected chi connectivity index (χ3v) is 4.94. The van der Waals surface area contributed by atoms with E-state index >= 15 is 0 Å². The van der Waals surface area contributed by atoms with Crippen molar-refractivity contribution >= 4 is 35.5 Å². The first-order chi connectivity index (χ1) is 13.9. The maximum absolute atomic E-state index is 12.4. The summed E-state index contributed by atoms with van der Waals surface area (Å²) in [5, 5.41) is 4.70. The summed E-state index contributed by atoms with van der Waals surface area (Å²) in [6.45, 7) is 3.10. The molecule has 0 saturated carbocycles. The van der Waals surface area contributed by atoms with E-state index in [0.717, 1.165) is 5.56 Å². The number of carbonyl (C=O) groups excluding carboxylic acids is 4. The van der Waals surface area contributed by atoms with E-state index in [1.165, 1.54) is 25.6 Å². The molecular formula is C21H22N2O5S. The van der Waals surface area contributed by atoms with E-state index in [0.29, 0.717) is 4.90 Å². The van der Waals surface area contributed by atoms with Gasteiger partial charge in [-0.3, -0.25) is 14.9 Å². The molecule has 2 rings (SSSR count). The molecule has 0 aliphatic carbocycles. The molecule has 29 heavy (non-hydrogen) atoms. The first-order valence-corrected chi connectivity index (χ1v) is 9.90. The molecule has 3 amide bonds. The number of imide groups is 1. The summed E-state index contributed by atoms with van der Waals surface area (Å²) >= 11 is 1.22. The highest BCUT2D eigenvalue weighted by Gasteiger charge is 2.22. The minimum Gasteiger partial charge on any atom is -0.449 e. The van der Waals surface area contributed by atoms with Crippen molar-refractivity contribution in [1.82, 2.24) is 10.6 Å². The zero-order chi connectivity index (χ0) is 21.2. The summed E-state index contributed by atoms with van der Waals surface area (Å²) in [6, 6.07) is 15.2. The fourth-order valence-electron chi connectivity index (χ4n) is 2.25. The van der Waals surface area contributed by atoms with Gasteiger partial charge in [0, 0.05) is 11.4 Å². The van der Waals surface area contributed by atoms with Crippen LogP contribution in [0.25, 0.3) is 0 Å². The number of urea groups is 1. The molecule has 0 saturated heterocycles. The normalized spacial score (nSPS) is 11.2. The number of hydrogen-bond donors (Lipinski definition) is 2. The van der Waals surface area contributed by atoms with Gasteiger partial charge in [0.15, 0.2) is 6.10 Å². The summed E-state index contributed by atoms with van der Waals surface area (Å²) in [7, 11) is 0. The van der Waals surface area contributed by atoms with Crippen LogP contribution in [-0.2, 0) is 20.9 Å². The number of esters is 1. The van der Waals surface area contributed by atoms with Crippen LogP contribution >= 0.6 is 11.8 Å². The van der Waals surface area contributed by atoms with Crippen LogP contribution in [0.5, 0.6) is 0 Å². The molecule has 0 bridgehead atoms. The number of benzene rings is 2. The smallest absolute Gasteiger partial charge is 0.340 e. The van der Waals surface area contributed by atoms with Crippen LogP contribution < -0.4 is 10.6 Å². The van der Waals surface area contributed by atoms with Crippen LogP contribution in [-0.4, -0.2) is 35.5 Å². The average Bonchev–Trinajstić information content (AvgIpc) is 2.71. The monoisotopic (exact) mass is 414 g/mol. The number of Topliss-reactive ketones (excluding diaryl/α,β-unsaturated/α-hetero) is 1. The van der Waals surface area contributed by atoms with Crippen molar-refractivity contribution in [2.75, 3.05) is 5.75 Å². The van der Waals surface area contributed by atoms with E-state index in [4.69, 9.17) is 4.74 Å². The third kappa shape index (κ3) is 7.42. The molecule has 8 heteroatoms. The fourth-order valence-corrected chi connectivity index (χ4v) is 3.09. The lowest BCUT2D eigenvalue weighted by Gasteiger charge is -2.14. The minimum atomic E-state index is -1.17. The van der Waals surface area contributed by atoms with Crippen molar-refractivity contribution in [3.63, 3.8) is 0 Å². The molecule has 0 spiro atoms. The maximum atomic E-state index is 12.4. The molecule has 2 aromatic carbocycles. The van der Waals surface area contributed by atoms with Gasteiger partial charge in [0.05, 0.1) is 11.3 Å². The van der Waals surface area contributed by atoms with Crippen LogP contribution in [0.15, 0.2) is 59.5 Å². The summed E-state index contributed by atoms with van der Waals surface area (Å²) in [5.74, 6) is -1.24. The molecule has 2 aromatic rings. The van der Waals surface area contributed by atoms with Gasteiger partial charge in [0.1, 0.15) is 5.78 Å². The van der Waals surface area contributed by atoms with Gasteiger partial charge < -0.3 is 10.1 Å². The molecule has 1 atom stereocenters. The highest BCUT2D eigenvalue weighted by atomic mass is 32.2. The Morgan fingerprint density at radius 2 is 1.66 bits per heavy atom. The SMILES string of the molecule is CC(=O)CSc1ccccc1C(=O)O[C@H](C)C(=O)NC(=O)NCc1ccccc1. The Hall–Kier alpha value is -3.13. The standard InChI is InChI=1S/C21H22N2O5S/c1-14(24)13-29-18-11-7-6-10-17(18)20(26)28-15(2)19(25)23-21(27)22-12-16-8-4-3-5-9-16/h3-11,15H,12-13H2,1-2H3,(H2,22,23,25,27)/t15-/m1/s1. The number of nitrogens with one attached hydrogen (secondary N) is 2. The lowest BCUT2D eigenvalue weighted by atomic mass is 10.2. The number of thioether (sulfide) groups is 1. The Balaban J connectivity index is 1.88. The van der Waals surface area contributed by atoms with E-state index in [-0.39, 0.29) is 23.6 Å². The number of hydrogen-bond acceptors (Lipinski definition) is 6. The molecule has 0 unspecified atom stereocenters. The Bertz CT molecular complexity index is 886. The van der Waals surface area contributed by atoms with Crippen LogP contribution in [0, 0.1) is 0 Å². The molecule has 2 N–H and O–H groups in total. The van der Waals surface area contributed by atoms with Gasteiger partial charge in [0.2, 0.25) is 0 Å². The lowest BCUT2D eigenvalue weighted by molar-refractivity contribution is -0.128. The fraction of sp³-hybridized carbons (Fsp3) is 0.238. The Kier molecular flexibility index (Phi) is 8.42. The Morgan fingerprint density at radius 3 is 2.34 bits per heavy atom. The second kappa shape index (κ2) is 11.0. The van der Waals surface area contributed by atoms with Crippen LogP contribution in [0.1, 0.15) is 29.8 Å². The van der Waals surface area contributed by atoms with Crippen molar-refractivity contribution in [3.05, 3.63) is 65.7 Å². The van der Waals surface area contributed by atoms with Crippen molar-refractivity contribution < 1.29 is 23.9 Å². The largest absolute Gasteiger partial charge is 0.449 e. The maximum Gasteiger partial charge on any atom is 0.340 e. The van der Waals surface area contributed by atoms with E-state index in [1.807, 2.05) is 30.3 Å². The number of amides is 3. The molecule has 0 aliphatic rings. The number of rotatable bonds is 8. The van der Waals surface area contributed by atoms with Crippen LogP contribution in [0.2, 0.25) is 0 Å². The molecule has 0 radical (unpaired) electrons. The summed E-state index contributed by atoms with van der Waals surface area (Å²) in [5.41, 5.74) is 1.14. The second-order valence-corrected chi connectivity index (χ2v) is 7.21. The molecule has 0 fully saturated rings. The first-order valence-electron chi connectivity index (χ1n) is 8.91. The van der Waals surface area contributed by atoms with E-state index < -0.39 is 24.0 Å². The zero-order valence-corrected chi connectivity index (χ0v) is 17.0. The molecule has 7 nitrogen and oxygen atoms in total. The first kappa shape index (κ1) is 22.2. The van der Waals surface area contributed by atoms with Crippen LogP contribution in [0.4, 0.5) is 4.79 Å². The van der Waals surface area contributed by atoms with E-state index in [9.17, 15) is 19.2 Å². The van der Waals surface area contributed by atoms with Gasteiger partial charge in [-0.05, 0) is 31.5 Å². The van der Waals surface area contributed by atoms with Crippen molar-refractivity contribution in [2.45, 2.75) is 31.4 Å². The highest BCUT2D eigenvalue weighted by Crippen LogP contribution is 2.23. The van der Waals surface area contributed by atoms with Crippen molar-refractivity contribution in [1.29, 1.82) is 0 Å². The van der Waals surface area contributed by atoms with Gasteiger partial charge >= 0.3 is 12.0 Å². The van der Waals surface area contributed by atoms with Crippen molar-refractivity contribution in [2.24, 2.45) is 0 Å². The number of ether oxygens (including phenoxy) is 1. The Morgan fingerprint density at radius 1 is 1.00 bits per heavy atom.